The first-order valence-electron chi connectivity index (χ1n) is 9.14. The average Bonchev–Trinajstić information content (AvgIpc) is 3.30. The number of aromatic nitrogens is 3. The van der Waals surface area contributed by atoms with Crippen LogP contribution in [0.3, 0.4) is 0 Å². The highest BCUT2D eigenvalue weighted by molar-refractivity contribution is 5.97. The van der Waals surface area contributed by atoms with Crippen molar-refractivity contribution in [1.29, 1.82) is 0 Å². The number of aryl methyl sites for hydroxylation is 1. The van der Waals surface area contributed by atoms with E-state index >= 15 is 0 Å². The summed E-state index contributed by atoms with van der Waals surface area (Å²) in [4.78, 5) is 15.0. The minimum atomic E-state index is -0.0217. The summed E-state index contributed by atoms with van der Waals surface area (Å²) in [6, 6.07) is 5.33. The highest BCUT2D eigenvalue weighted by Crippen LogP contribution is 2.31. The second-order valence-corrected chi connectivity index (χ2v) is 6.89. The van der Waals surface area contributed by atoms with Crippen LogP contribution in [0.5, 0.6) is 11.5 Å². The van der Waals surface area contributed by atoms with Gasteiger partial charge in [-0.1, -0.05) is 0 Å². The maximum Gasteiger partial charge on any atom is 0.257 e. The Kier molecular flexibility index (Phi) is 4.53. The number of likely N-dealkylation sites (tertiary alicyclic amines) is 1. The number of methoxy groups -OCH3 is 2. The summed E-state index contributed by atoms with van der Waals surface area (Å²) >= 11 is 0. The second kappa shape index (κ2) is 6.97. The van der Waals surface area contributed by atoms with Crippen molar-refractivity contribution in [3.8, 4) is 11.5 Å². The molecule has 1 amide bonds. The maximum atomic E-state index is 13.1. The number of amides is 1. The second-order valence-electron chi connectivity index (χ2n) is 6.89. The number of fused-ring (bicyclic) bond motifs is 1. The predicted molar refractivity (Wildman–Crippen MR) is 95.8 cm³/mol. The van der Waals surface area contributed by atoms with Gasteiger partial charge in [-0.3, -0.25) is 4.79 Å². The van der Waals surface area contributed by atoms with Crippen LogP contribution in [0.15, 0.2) is 18.2 Å². The lowest BCUT2D eigenvalue weighted by Crippen LogP contribution is -2.40. The van der Waals surface area contributed by atoms with E-state index in [-0.39, 0.29) is 11.8 Å². The molecule has 1 fully saturated rings. The first-order chi connectivity index (χ1) is 12.7. The first-order valence-corrected chi connectivity index (χ1v) is 9.14. The van der Waals surface area contributed by atoms with Crippen molar-refractivity contribution < 1.29 is 14.3 Å². The highest BCUT2D eigenvalue weighted by atomic mass is 16.5. The van der Waals surface area contributed by atoms with E-state index in [9.17, 15) is 4.79 Å². The van der Waals surface area contributed by atoms with Crippen LogP contribution in [0.25, 0.3) is 0 Å². The third kappa shape index (κ3) is 2.91. The SMILES string of the molecule is COc1ccc(OC)c(C(=O)N2CCCC(c3nnc4n3CCC4)C2)c1. The maximum absolute atomic E-state index is 13.1. The summed E-state index contributed by atoms with van der Waals surface area (Å²) in [6.45, 7) is 2.40. The Labute approximate surface area is 152 Å². The number of hydrogen-bond acceptors (Lipinski definition) is 5. The fourth-order valence-corrected chi connectivity index (χ4v) is 4.00. The van der Waals surface area contributed by atoms with Crippen LogP contribution in [0, 0.1) is 0 Å². The smallest absolute Gasteiger partial charge is 0.257 e. The van der Waals surface area contributed by atoms with Gasteiger partial charge in [0.25, 0.3) is 5.91 Å². The fraction of sp³-hybridized carbons (Fsp3) is 0.526. The Morgan fingerprint density at radius 3 is 2.85 bits per heavy atom. The van der Waals surface area contributed by atoms with E-state index in [2.05, 4.69) is 14.8 Å². The van der Waals surface area contributed by atoms with Crippen molar-refractivity contribution in [3.05, 3.63) is 35.4 Å². The lowest BCUT2D eigenvalue weighted by molar-refractivity contribution is 0.0699. The molecule has 7 nitrogen and oxygen atoms in total. The monoisotopic (exact) mass is 356 g/mol. The summed E-state index contributed by atoms with van der Waals surface area (Å²) in [5.74, 6) is 3.56. The summed E-state index contributed by atoms with van der Waals surface area (Å²) < 4.78 is 12.9. The van der Waals surface area contributed by atoms with Gasteiger partial charge in [-0.15, -0.1) is 10.2 Å². The third-order valence-electron chi connectivity index (χ3n) is 5.35. The minimum absolute atomic E-state index is 0.0217. The van der Waals surface area contributed by atoms with Gasteiger partial charge in [-0.2, -0.15) is 0 Å². The molecule has 0 N–H and O–H groups in total. The quantitative estimate of drug-likeness (QED) is 0.840. The van der Waals surface area contributed by atoms with E-state index in [0.29, 0.717) is 23.6 Å². The molecule has 2 aliphatic heterocycles. The molecule has 1 unspecified atom stereocenters. The molecule has 0 bridgehead atoms. The minimum Gasteiger partial charge on any atom is -0.497 e. The molecule has 0 aliphatic carbocycles. The van der Waals surface area contributed by atoms with Crippen molar-refractivity contribution in [2.45, 2.75) is 38.1 Å². The average molecular weight is 356 g/mol. The number of carbonyl (C=O) groups is 1. The molecule has 3 heterocycles. The van der Waals surface area contributed by atoms with E-state index in [1.807, 2.05) is 4.90 Å². The Morgan fingerprint density at radius 1 is 1.15 bits per heavy atom. The molecule has 1 atom stereocenters. The largest absolute Gasteiger partial charge is 0.497 e. The van der Waals surface area contributed by atoms with Crippen molar-refractivity contribution in [2.24, 2.45) is 0 Å². The van der Waals surface area contributed by atoms with Gasteiger partial charge in [0.15, 0.2) is 0 Å². The van der Waals surface area contributed by atoms with Gasteiger partial charge < -0.3 is 18.9 Å². The molecule has 0 saturated carbocycles. The van der Waals surface area contributed by atoms with E-state index in [0.717, 1.165) is 50.4 Å². The van der Waals surface area contributed by atoms with Crippen LogP contribution >= 0.6 is 0 Å². The zero-order chi connectivity index (χ0) is 18.1. The molecular weight excluding hydrogens is 332 g/mol. The molecule has 1 aromatic heterocycles. The number of carbonyl (C=O) groups excluding carboxylic acids is 1. The van der Waals surface area contributed by atoms with Gasteiger partial charge in [0.1, 0.15) is 23.1 Å². The van der Waals surface area contributed by atoms with Gasteiger partial charge >= 0.3 is 0 Å². The van der Waals surface area contributed by atoms with Crippen molar-refractivity contribution in [3.63, 3.8) is 0 Å². The molecule has 1 aromatic carbocycles. The van der Waals surface area contributed by atoms with Crippen LogP contribution in [0.2, 0.25) is 0 Å². The zero-order valence-corrected chi connectivity index (χ0v) is 15.3. The lowest BCUT2D eigenvalue weighted by atomic mass is 9.96. The van der Waals surface area contributed by atoms with Crippen LogP contribution < -0.4 is 9.47 Å². The molecule has 0 spiro atoms. The van der Waals surface area contributed by atoms with E-state index in [4.69, 9.17) is 9.47 Å². The Morgan fingerprint density at radius 2 is 2.04 bits per heavy atom. The van der Waals surface area contributed by atoms with Crippen molar-refractivity contribution in [2.75, 3.05) is 27.3 Å². The topological polar surface area (TPSA) is 69.5 Å². The summed E-state index contributed by atoms with van der Waals surface area (Å²) in [5.41, 5.74) is 0.541. The summed E-state index contributed by atoms with van der Waals surface area (Å²) in [7, 11) is 3.18. The molecule has 1 saturated heterocycles. The van der Waals surface area contributed by atoms with E-state index in [1.54, 1.807) is 32.4 Å². The number of benzene rings is 1. The molecule has 4 rings (SSSR count). The predicted octanol–water partition coefficient (Wildman–Crippen LogP) is 2.26. The highest BCUT2D eigenvalue weighted by Gasteiger charge is 2.31. The number of ether oxygens (including phenoxy) is 2. The van der Waals surface area contributed by atoms with Gasteiger partial charge in [-0.25, -0.2) is 0 Å². The van der Waals surface area contributed by atoms with E-state index in [1.165, 1.54) is 0 Å². The molecule has 138 valence electrons. The molecule has 2 aromatic rings. The summed E-state index contributed by atoms with van der Waals surface area (Å²) in [5, 5.41) is 8.74. The molecule has 7 heteroatoms. The van der Waals surface area contributed by atoms with Gasteiger partial charge in [-0.05, 0) is 37.5 Å². The first kappa shape index (κ1) is 16.9. The summed E-state index contributed by atoms with van der Waals surface area (Å²) in [6.07, 6.45) is 4.14. The Balaban J connectivity index is 1.57. The number of piperidine rings is 1. The van der Waals surface area contributed by atoms with Crippen LogP contribution in [0.1, 0.15) is 47.2 Å². The van der Waals surface area contributed by atoms with Gasteiger partial charge in [0.2, 0.25) is 0 Å². The number of nitrogens with zero attached hydrogens (tertiary/aromatic N) is 4. The molecule has 0 radical (unpaired) electrons. The Bertz CT molecular complexity index is 817. The standard InChI is InChI=1S/C19H24N4O3/c1-25-14-7-8-16(26-2)15(11-14)19(24)22-9-3-5-13(12-22)18-21-20-17-6-4-10-23(17)18/h7-8,11,13H,3-6,9-10,12H2,1-2H3. The van der Waals surface area contributed by atoms with Crippen molar-refractivity contribution in [1.82, 2.24) is 19.7 Å². The third-order valence-corrected chi connectivity index (χ3v) is 5.35. The zero-order valence-electron chi connectivity index (χ0n) is 15.3. The van der Waals surface area contributed by atoms with Crippen LogP contribution in [-0.4, -0.2) is 52.9 Å². The number of rotatable bonds is 4. The van der Waals surface area contributed by atoms with Crippen LogP contribution in [-0.2, 0) is 13.0 Å². The molecular formula is C19H24N4O3. The normalized spacial score (nSPS) is 19.3. The van der Waals surface area contributed by atoms with Crippen molar-refractivity contribution >= 4 is 5.91 Å². The molecule has 26 heavy (non-hydrogen) atoms. The lowest BCUT2D eigenvalue weighted by Gasteiger charge is -2.32. The fourth-order valence-electron chi connectivity index (χ4n) is 4.00. The Hall–Kier alpha value is -2.57. The van der Waals surface area contributed by atoms with Crippen LogP contribution in [0.4, 0.5) is 0 Å². The van der Waals surface area contributed by atoms with Gasteiger partial charge in [0.05, 0.1) is 19.8 Å². The molecule has 2 aliphatic rings. The van der Waals surface area contributed by atoms with E-state index < -0.39 is 0 Å². The number of hydrogen-bond donors (Lipinski definition) is 0. The van der Waals surface area contributed by atoms with Gasteiger partial charge in [0, 0.05) is 32.0 Å².